The highest BCUT2D eigenvalue weighted by Crippen LogP contribution is 2.16. The molecule has 7 heteroatoms. The van der Waals surface area contributed by atoms with E-state index >= 15 is 0 Å². The molecule has 1 aromatic carbocycles. The molecular weight excluding hydrogens is 338 g/mol. The largest absolute Gasteiger partial charge is 0.494 e. The van der Waals surface area contributed by atoms with Crippen molar-refractivity contribution in [3.05, 3.63) is 60.0 Å². The number of nitrogens with zero attached hydrogens (tertiary/aromatic N) is 2. The second-order valence-corrected chi connectivity index (χ2v) is 7.45. The predicted molar refractivity (Wildman–Crippen MR) is 96.4 cm³/mol. The average molecular weight is 359 g/mol. The first-order valence-electron chi connectivity index (χ1n) is 8.16. The van der Waals surface area contributed by atoms with E-state index in [9.17, 15) is 8.42 Å². The first-order chi connectivity index (χ1) is 12.0. The van der Waals surface area contributed by atoms with E-state index in [1.807, 2.05) is 42.6 Å². The zero-order chi connectivity index (χ0) is 17.9. The van der Waals surface area contributed by atoms with E-state index in [4.69, 9.17) is 4.74 Å². The molecule has 3 rings (SSSR count). The fraction of sp³-hybridized carbons (Fsp3) is 0.278. The number of nitrogens with one attached hydrogen (secondary N) is 1. The van der Waals surface area contributed by atoms with Crippen LogP contribution in [-0.4, -0.2) is 31.0 Å². The summed E-state index contributed by atoms with van der Waals surface area (Å²) in [7, 11) is -3.54. The van der Waals surface area contributed by atoms with Crippen molar-refractivity contribution in [3.8, 4) is 5.75 Å². The summed E-state index contributed by atoms with van der Waals surface area (Å²) in [5, 5.41) is 0. The third-order valence-corrected chi connectivity index (χ3v) is 5.34. The molecule has 0 unspecified atom stereocenters. The zero-order valence-corrected chi connectivity index (χ0v) is 15.1. The van der Waals surface area contributed by atoms with Crippen LogP contribution in [0.1, 0.15) is 18.3 Å². The summed E-state index contributed by atoms with van der Waals surface area (Å²) in [6.07, 6.45) is 2.47. The van der Waals surface area contributed by atoms with Crippen LogP contribution in [0.15, 0.2) is 53.6 Å². The maximum atomic E-state index is 12.3. The highest BCUT2D eigenvalue weighted by atomic mass is 32.2. The van der Waals surface area contributed by atoms with Gasteiger partial charge in [0.15, 0.2) is 0 Å². The van der Waals surface area contributed by atoms with E-state index in [2.05, 4.69) is 9.71 Å². The number of aromatic nitrogens is 2. The molecule has 0 aliphatic rings. The monoisotopic (exact) mass is 359 g/mol. The minimum Gasteiger partial charge on any atom is -0.494 e. The van der Waals surface area contributed by atoms with Crippen LogP contribution in [0.3, 0.4) is 0 Å². The van der Waals surface area contributed by atoms with E-state index in [1.165, 1.54) is 0 Å². The van der Waals surface area contributed by atoms with Crippen LogP contribution >= 0.6 is 0 Å². The summed E-state index contributed by atoms with van der Waals surface area (Å²) in [6, 6.07) is 12.3. The van der Waals surface area contributed by atoms with Gasteiger partial charge in [0.05, 0.1) is 17.2 Å². The van der Waals surface area contributed by atoms with Crippen LogP contribution in [0.5, 0.6) is 5.75 Å². The average Bonchev–Trinajstić information content (AvgIpc) is 3.00. The number of aryl methyl sites for hydroxylation is 1. The van der Waals surface area contributed by atoms with Gasteiger partial charge in [0.2, 0.25) is 10.0 Å². The third kappa shape index (κ3) is 4.00. The Bertz CT molecular complexity index is 963. The second kappa shape index (κ2) is 7.25. The van der Waals surface area contributed by atoms with Gasteiger partial charge in [-0.15, -0.1) is 0 Å². The second-order valence-electron chi connectivity index (χ2n) is 5.68. The van der Waals surface area contributed by atoms with Gasteiger partial charge in [-0.2, -0.15) is 0 Å². The molecule has 2 heterocycles. The summed E-state index contributed by atoms with van der Waals surface area (Å²) >= 11 is 0. The molecule has 0 fully saturated rings. The van der Waals surface area contributed by atoms with Gasteiger partial charge in [0.25, 0.3) is 0 Å². The molecule has 0 amide bonds. The fourth-order valence-electron chi connectivity index (χ4n) is 2.60. The van der Waals surface area contributed by atoms with Crippen LogP contribution in [-0.2, 0) is 16.4 Å². The highest BCUT2D eigenvalue weighted by molar-refractivity contribution is 7.89. The molecule has 0 saturated carbocycles. The van der Waals surface area contributed by atoms with Crippen molar-refractivity contribution in [1.82, 2.24) is 14.1 Å². The molecule has 0 atom stereocenters. The first kappa shape index (κ1) is 17.4. The van der Waals surface area contributed by atoms with Crippen LogP contribution in [0, 0.1) is 6.92 Å². The quantitative estimate of drug-likeness (QED) is 0.704. The standard InChI is InChI=1S/C18H21N3O3S/c1-3-24-16-7-9-17(10-8-16)25(22,23)19-12-11-15-13-21-14(2)5-4-6-18(21)20-15/h4-10,13,19H,3,11-12H2,1-2H3. The molecule has 0 spiro atoms. The molecule has 0 radical (unpaired) electrons. The lowest BCUT2D eigenvalue weighted by Gasteiger charge is -2.07. The Morgan fingerprint density at radius 3 is 2.60 bits per heavy atom. The van der Waals surface area contributed by atoms with Gasteiger partial charge in [-0.1, -0.05) is 6.07 Å². The van der Waals surface area contributed by atoms with Crippen molar-refractivity contribution in [2.45, 2.75) is 25.2 Å². The Kier molecular flexibility index (Phi) is 5.06. The predicted octanol–water partition coefficient (Wildman–Crippen LogP) is 2.56. The van der Waals surface area contributed by atoms with Crippen LogP contribution in [0.25, 0.3) is 5.65 Å². The van der Waals surface area contributed by atoms with Crippen LogP contribution in [0.4, 0.5) is 0 Å². The van der Waals surface area contributed by atoms with Gasteiger partial charge in [-0.3, -0.25) is 0 Å². The van der Waals surface area contributed by atoms with Gasteiger partial charge in [0.1, 0.15) is 11.4 Å². The van der Waals surface area contributed by atoms with Gasteiger partial charge >= 0.3 is 0 Å². The topological polar surface area (TPSA) is 72.7 Å². The normalized spacial score (nSPS) is 11.8. The minimum atomic E-state index is -3.54. The minimum absolute atomic E-state index is 0.224. The van der Waals surface area contributed by atoms with Crippen molar-refractivity contribution in [2.75, 3.05) is 13.2 Å². The van der Waals surface area contributed by atoms with Crippen molar-refractivity contribution >= 4 is 15.7 Å². The molecule has 6 nitrogen and oxygen atoms in total. The maximum absolute atomic E-state index is 12.3. The van der Waals surface area contributed by atoms with Crippen LogP contribution in [0.2, 0.25) is 0 Å². The highest BCUT2D eigenvalue weighted by Gasteiger charge is 2.14. The molecule has 0 aliphatic carbocycles. The summed E-state index contributed by atoms with van der Waals surface area (Å²) in [5.41, 5.74) is 2.80. The molecule has 132 valence electrons. The van der Waals surface area contributed by atoms with Crippen molar-refractivity contribution in [1.29, 1.82) is 0 Å². The third-order valence-electron chi connectivity index (χ3n) is 3.86. The number of sulfonamides is 1. The Labute approximate surface area is 147 Å². The Balaban J connectivity index is 1.64. The van der Waals surface area contributed by atoms with Crippen molar-refractivity contribution in [3.63, 3.8) is 0 Å². The summed E-state index contributed by atoms with van der Waals surface area (Å²) < 4.78 is 34.6. The zero-order valence-electron chi connectivity index (χ0n) is 14.3. The van der Waals surface area contributed by atoms with E-state index in [1.54, 1.807) is 24.3 Å². The van der Waals surface area contributed by atoms with Crippen LogP contribution < -0.4 is 9.46 Å². The lowest BCUT2D eigenvalue weighted by Crippen LogP contribution is -2.26. The Hall–Kier alpha value is -2.38. The Morgan fingerprint density at radius 2 is 1.92 bits per heavy atom. The van der Waals surface area contributed by atoms with E-state index in [0.717, 1.165) is 17.0 Å². The fourth-order valence-corrected chi connectivity index (χ4v) is 3.63. The van der Waals surface area contributed by atoms with Gasteiger partial charge < -0.3 is 9.14 Å². The number of hydrogen-bond donors (Lipinski definition) is 1. The molecule has 3 aromatic rings. The number of rotatable bonds is 7. The number of hydrogen-bond acceptors (Lipinski definition) is 4. The molecule has 0 aliphatic heterocycles. The van der Waals surface area contributed by atoms with Gasteiger partial charge in [0, 0.05) is 24.9 Å². The lowest BCUT2D eigenvalue weighted by atomic mass is 10.3. The van der Waals surface area contributed by atoms with E-state index in [0.29, 0.717) is 25.3 Å². The van der Waals surface area contributed by atoms with Crippen molar-refractivity contribution in [2.24, 2.45) is 0 Å². The molecule has 0 saturated heterocycles. The maximum Gasteiger partial charge on any atom is 0.240 e. The number of benzene rings is 1. The number of imidazole rings is 1. The number of pyridine rings is 1. The van der Waals surface area contributed by atoms with E-state index < -0.39 is 10.0 Å². The van der Waals surface area contributed by atoms with Gasteiger partial charge in [-0.05, 0) is 50.2 Å². The summed E-state index contributed by atoms with van der Waals surface area (Å²) in [6.45, 7) is 4.72. The summed E-state index contributed by atoms with van der Waals surface area (Å²) in [5.74, 6) is 0.654. The molecular formula is C18H21N3O3S. The molecule has 25 heavy (non-hydrogen) atoms. The molecule has 1 N–H and O–H groups in total. The SMILES string of the molecule is CCOc1ccc(S(=O)(=O)NCCc2cn3c(C)cccc3n2)cc1. The lowest BCUT2D eigenvalue weighted by molar-refractivity contribution is 0.340. The molecule has 2 aromatic heterocycles. The molecule has 0 bridgehead atoms. The smallest absolute Gasteiger partial charge is 0.240 e. The van der Waals surface area contributed by atoms with E-state index in [-0.39, 0.29) is 4.90 Å². The first-order valence-corrected chi connectivity index (χ1v) is 9.64. The summed E-state index contributed by atoms with van der Waals surface area (Å²) in [4.78, 5) is 4.73. The van der Waals surface area contributed by atoms with Crippen molar-refractivity contribution < 1.29 is 13.2 Å². The Morgan fingerprint density at radius 1 is 1.16 bits per heavy atom. The number of ether oxygens (including phenoxy) is 1. The van der Waals surface area contributed by atoms with Gasteiger partial charge in [-0.25, -0.2) is 18.1 Å². The number of fused-ring (bicyclic) bond motifs is 1.